The maximum absolute atomic E-state index is 4.43. The minimum absolute atomic E-state index is 0. The Hall–Kier alpha value is -0.0400. The lowest BCUT2D eigenvalue weighted by atomic mass is 9.93. The zero-order valence-corrected chi connectivity index (χ0v) is 15.1. The van der Waals surface area contributed by atoms with E-state index in [0.29, 0.717) is 11.5 Å². The van der Waals surface area contributed by atoms with Crippen LogP contribution in [-0.2, 0) is 0 Å². The summed E-state index contributed by atoms with van der Waals surface area (Å²) in [7, 11) is 4.12. The second kappa shape index (κ2) is 7.11. The van der Waals surface area contributed by atoms with Gasteiger partial charge >= 0.3 is 0 Å². The Labute approximate surface area is 135 Å². The third-order valence-corrected chi connectivity index (χ3v) is 4.36. The van der Waals surface area contributed by atoms with Crippen molar-refractivity contribution in [2.24, 2.45) is 10.4 Å². The molecule has 2 aliphatic rings. The maximum atomic E-state index is 4.43. The molecular weight excluding hydrogens is 351 g/mol. The summed E-state index contributed by atoms with van der Waals surface area (Å²) in [4.78, 5) is 9.28. The van der Waals surface area contributed by atoms with Crippen molar-refractivity contribution in [1.29, 1.82) is 0 Å². The second-order valence-corrected chi connectivity index (χ2v) is 6.54. The van der Waals surface area contributed by atoms with Crippen LogP contribution in [-0.4, -0.2) is 62.1 Å². The highest BCUT2D eigenvalue weighted by molar-refractivity contribution is 14.0. The molecule has 2 fully saturated rings. The first kappa shape index (κ1) is 17.0. The molecule has 2 heterocycles. The molecule has 0 aromatic carbocycles. The predicted molar refractivity (Wildman–Crippen MR) is 92.4 cm³/mol. The minimum atomic E-state index is 0. The molecule has 112 valence electrons. The van der Waals surface area contributed by atoms with Gasteiger partial charge in [0.25, 0.3) is 0 Å². The van der Waals surface area contributed by atoms with E-state index in [9.17, 15) is 0 Å². The van der Waals surface area contributed by atoms with E-state index in [4.69, 9.17) is 0 Å². The highest BCUT2D eigenvalue weighted by Gasteiger charge is 2.31. The van der Waals surface area contributed by atoms with Crippen LogP contribution < -0.4 is 5.32 Å². The summed E-state index contributed by atoms with van der Waals surface area (Å²) < 4.78 is 0. The summed E-state index contributed by atoms with van der Waals surface area (Å²) in [5.41, 5.74) is 0.432. The molecule has 1 N–H and O–H groups in total. The first-order valence-corrected chi connectivity index (χ1v) is 7.18. The first-order chi connectivity index (χ1) is 8.52. The van der Waals surface area contributed by atoms with E-state index in [2.05, 4.69) is 41.0 Å². The molecule has 4 nitrogen and oxygen atoms in total. The molecule has 19 heavy (non-hydrogen) atoms. The summed E-state index contributed by atoms with van der Waals surface area (Å²) in [5.74, 6) is 1.08. The van der Waals surface area contributed by atoms with Gasteiger partial charge in [-0.25, -0.2) is 0 Å². The van der Waals surface area contributed by atoms with Gasteiger partial charge in [0.15, 0.2) is 5.96 Å². The molecule has 0 aromatic rings. The molecule has 0 amide bonds. The first-order valence-electron chi connectivity index (χ1n) is 7.18. The Kier molecular flexibility index (Phi) is 6.36. The van der Waals surface area contributed by atoms with E-state index in [0.717, 1.165) is 25.6 Å². The normalized spacial score (nSPS) is 27.5. The minimum Gasteiger partial charge on any atom is -0.355 e. The Morgan fingerprint density at radius 2 is 2.11 bits per heavy atom. The molecule has 2 aliphatic heterocycles. The predicted octanol–water partition coefficient (Wildman–Crippen LogP) is 2.01. The SMILES string of the molecule is CN=C(NCC1CCCN1C)N1CCC(C)(C)C1.I. The Morgan fingerprint density at radius 1 is 1.37 bits per heavy atom. The highest BCUT2D eigenvalue weighted by atomic mass is 127. The van der Waals surface area contributed by atoms with Crippen LogP contribution in [0.3, 0.4) is 0 Å². The van der Waals surface area contributed by atoms with Crippen LogP contribution in [0.4, 0.5) is 0 Å². The van der Waals surface area contributed by atoms with Crippen LogP contribution in [0.1, 0.15) is 33.1 Å². The van der Waals surface area contributed by atoms with Crippen LogP contribution in [0.15, 0.2) is 4.99 Å². The number of aliphatic imine (C=N–C) groups is 1. The van der Waals surface area contributed by atoms with Gasteiger partial charge in [-0.2, -0.15) is 0 Å². The lowest BCUT2D eigenvalue weighted by molar-refractivity contribution is 0.305. The fraction of sp³-hybridized carbons (Fsp3) is 0.929. The van der Waals surface area contributed by atoms with Gasteiger partial charge in [-0.3, -0.25) is 4.99 Å². The topological polar surface area (TPSA) is 30.9 Å². The second-order valence-electron chi connectivity index (χ2n) is 6.54. The van der Waals surface area contributed by atoms with Crippen LogP contribution >= 0.6 is 24.0 Å². The van der Waals surface area contributed by atoms with Gasteiger partial charge < -0.3 is 15.1 Å². The van der Waals surface area contributed by atoms with E-state index in [-0.39, 0.29) is 24.0 Å². The maximum Gasteiger partial charge on any atom is 0.193 e. The quantitative estimate of drug-likeness (QED) is 0.452. The summed E-state index contributed by atoms with van der Waals surface area (Å²) in [6, 6.07) is 0.678. The van der Waals surface area contributed by atoms with Crippen molar-refractivity contribution >= 4 is 29.9 Å². The van der Waals surface area contributed by atoms with Gasteiger partial charge in [0.05, 0.1) is 0 Å². The van der Waals surface area contributed by atoms with E-state index in [1.54, 1.807) is 0 Å². The van der Waals surface area contributed by atoms with Crippen molar-refractivity contribution in [2.75, 3.05) is 40.3 Å². The Bertz CT molecular complexity index is 317. The molecule has 1 atom stereocenters. The summed E-state index contributed by atoms with van der Waals surface area (Å²) >= 11 is 0. The fourth-order valence-corrected chi connectivity index (χ4v) is 3.07. The molecule has 0 radical (unpaired) electrons. The number of guanidine groups is 1. The van der Waals surface area contributed by atoms with Gasteiger partial charge in [-0.1, -0.05) is 13.8 Å². The van der Waals surface area contributed by atoms with Crippen LogP contribution in [0.25, 0.3) is 0 Å². The number of likely N-dealkylation sites (tertiary alicyclic amines) is 2. The average molecular weight is 380 g/mol. The van der Waals surface area contributed by atoms with E-state index >= 15 is 0 Å². The fourth-order valence-electron chi connectivity index (χ4n) is 3.07. The molecule has 0 bridgehead atoms. The van der Waals surface area contributed by atoms with Crippen molar-refractivity contribution in [3.8, 4) is 0 Å². The van der Waals surface area contributed by atoms with Crippen molar-refractivity contribution in [3.63, 3.8) is 0 Å². The van der Waals surface area contributed by atoms with Gasteiger partial charge in [0.1, 0.15) is 0 Å². The lowest BCUT2D eigenvalue weighted by Gasteiger charge is -2.26. The van der Waals surface area contributed by atoms with Crippen LogP contribution in [0.2, 0.25) is 0 Å². The summed E-state index contributed by atoms with van der Waals surface area (Å²) in [6.07, 6.45) is 3.90. The highest BCUT2D eigenvalue weighted by Crippen LogP contribution is 2.28. The molecule has 5 heteroatoms. The molecule has 2 saturated heterocycles. The Morgan fingerprint density at radius 3 is 2.58 bits per heavy atom. The number of hydrogen-bond acceptors (Lipinski definition) is 2. The largest absolute Gasteiger partial charge is 0.355 e. The number of halogens is 1. The average Bonchev–Trinajstić information content (AvgIpc) is 2.87. The van der Waals surface area contributed by atoms with Gasteiger partial charge in [-0.05, 0) is 38.3 Å². The van der Waals surface area contributed by atoms with E-state index in [1.807, 2.05) is 7.05 Å². The van der Waals surface area contributed by atoms with Crippen molar-refractivity contribution in [3.05, 3.63) is 0 Å². The van der Waals surface area contributed by atoms with Crippen molar-refractivity contribution in [2.45, 2.75) is 39.2 Å². The molecule has 2 rings (SSSR count). The summed E-state index contributed by atoms with van der Waals surface area (Å²) in [5, 5.41) is 3.56. The van der Waals surface area contributed by atoms with Crippen molar-refractivity contribution in [1.82, 2.24) is 15.1 Å². The molecule has 0 spiro atoms. The number of rotatable bonds is 2. The Balaban J connectivity index is 0.00000180. The number of nitrogens with one attached hydrogen (secondary N) is 1. The molecule has 1 unspecified atom stereocenters. The van der Waals surface area contributed by atoms with Gasteiger partial charge in [0.2, 0.25) is 0 Å². The number of hydrogen-bond donors (Lipinski definition) is 1. The number of nitrogens with zero attached hydrogens (tertiary/aromatic N) is 3. The van der Waals surface area contributed by atoms with Crippen LogP contribution in [0, 0.1) is 5.41 Å². The zero-order valence-electron chi connectivity index (χ0n) is 12.8. The lowest BCUT2D eigenvalue weighted by Crippen LogP contribution is -2.45. The monoisotopic (exact) mass is 380 g/mol. The molecule has 0 saturated carbocycles. The third kappa shape index (κ3) is 4.48. The smallest absolute Gasteiger partial charge is 0.193 e. The van der Waals surface area contributed by atoms with Gasteiger partial charge in [0, 0.05) is 32.7 Å². The van der Waals surface area contributed by atoms with Crippen LogP contribution in [0.5, 0.6) is 0 Å². The zero-order chi connectivity index (χ0) is 13.2. The standard InChI is InChI=1S/C14H28N4.HI/c1-14(2)7-9-18(11-14)13(15-3)16-10-12-6-5-8-17(12)4;/h12H,5-11H2,1-4H3,(H,15,16);1H. The third-order valence-electron chi connectivity index (χ3n) is 4.36. The molecular formula is C14H29IN4. The van der Waals surface area contributed by atoms with E-state index in [1.165, 1.54) is 25.8 Å². The van der Waals surface area contributed by atoms with E-state index < -0.39 is 0 Å². The van der Waals surface area contributed by atoms with Crippen molar-refractivity contribution < 1.29 is 0 Å². The summed E-state index contributed by atoms with van der Waals surface area (Å²) in [6.45, 7) is 9.19. The van der Waals surface area contributed by atoms with Gasteiger partial charge in [-0.15, -0.1) is 24.0 Å². The number of likely N-dealkylation sites (N-methyl/N-ethyl adjacent to an activating group) is 1. The molecule has 0 aromatic heterocycles. The molecule has 0 aliphatic carbocycles.